The van der Waals surface area contributed by atoms with Crippen LogP contribution in [0.1, 0.15) is 11.7 Å². The van der Waals surface area contributed by atoms with Crippen molar-refractivity contribution in [2.45, 2.75) is 9.96 Å². The topological polar surface area (TPSA) is 43.3 Å². The summed E-state index contributed by atoms with van der Waals surface area (Å²) in [5, 5.41) is 1.48. The highest BCUT2D eigenvalue weighted by Crippen LogP contribution is 2.41. The van der Waals surface area contributed by atoms with E-state index in [9.17, 15) is 0 Å². The van der Waals surface area contributed by atoms with Crippen molar-refractivity contribution in [1.82, 2.24) is 5.06 Å². The highest BCUT2D eigenvalue weighted by Gasteiger charge is 2.40. The zero-order valence-corrected chi connectivity index (χ0v) is 13.3. The van der Waals surface area contributed by atoms with E-state index in [1.165, 1.54) is 5.06 Å². The lowest BCUT2D eigenvalue weighted by molar-refractivity contribution is -0.0596. The number of nitrogens with zero attached hydrogens (tertiary/aromatic N) is 2. The average molecular weight is 340 g/mol. The molecule has 0 N–H and O–H groups in total. The van der Waals surface area contributed by atoms with Crippen molar-refractivity contribution >= 4 is 40.7 Å². The molecule has 8 heteroatoms. The van der Waals surface area contributed by atoms with Crippen LogP contribution in [0.15, 0.2) is 23.2 Å². The molecular weight excluding hydrogens is 327 g/mol. The average Bonchev–Trinajstić information content (AvgIpc) is 2.79. The minimum absolute atomic E-state index is 0.0138. The maximum absolute atomic E-state index is 5.78. The third-order valence-corrected chi connectivity index (χ3v) is 3.25. The smallest absolute Gasteiger partial charge is 0.268 e. The lowest BCUT2D eigenvalue weighted by Gasteiger charge is -2.20. The quantitative estimate of drug-likeness (QED) is 0.792. The molecule has 1 heterocycles. The Morgan fingerprint density at radius 2 is 1.95 bits per heavy atom. The molecule has 1 aromatic carbocycles. The first-order valence-corrected chi connectivity index (χ1v) is 6.78. The SMILES string of the molecule is COc1cccc(C2N=C(C(Cl)(Cl)Cl)ON2C)c1OC. The van der Waals surface area contributed by atoms with Crippen LogP contribution >= 0.6 is 34.8 Å². The molecule has 20 heavy (non-hydrogen) atoms. The Bertz CT molecular complexity index is 531. The Morgan fingerprint density at radius 3 is 2.45 bits per heavy atom. The summed E-state index contributed by atoms with van der Waals surface area (Å²) in [5.41, 5.74) is 0.749. The summed E-state index contributed by atoms with van der Waals surface area (Å²) in [7, 11) is 4.81. The van der Waals surface area contributed by atoms with Crippen LogP contribution < -0.4 is 9.47 Å². The summed E-state index contributed by atoms with van der Waals surface area (Å²) in [6, 6.07) is 5.46. The van der Waals surface area contributed by atoms with Crippen molar-refractivity contribution in [1.29, 1.82) is 0 Å². The molecule has 1 aliphatic heterocycles. The summed E-state index contributed by atoms with van der Waals surface area (Å²) in [6.45, 7) is 0. The van der Waals surface area contributed by atoms with E-state index in [1.54, 1.807) is 27.3 Å². The molecule has 0 amide bonds. The Hall–Kier alpha value is -0.880. The second-order valence-electron chi connectivity index (χ2n) is 4.03. The number of hydrogen-bond acceptors (Lipinski definition) is 5. The fourth-order valence-corrected chi connectivity index (χ4v) is 2.16. The molecular formula is C12H13Cl3N2O3. The third-order valence-electron chi connectivity index (χ3n) is 2.77. The summed E-state index contributed by atoms with van der Waals surface area (Å²) in [6.07, 6.45) is -0.481. The minimum atomic E-state index is -1.71. The number of halogens is 3. The van der Waals surface area contributed by atoms with Gasteiger partial charge in [0.15, 0.2) is 17.7 Å². The third kappa shape index (κ3) is 2.91. The molecule has 0 aliphatic carbocycles. The van der Waals surface area contributed by atoms with E-state index in [0.717, 1.165) is 5.56 Å². The molecule has 2 rings (SSSR count). The molecule has 0 spiro atoms. The van der Waals surface area contributed by atoms with Gasteiger partial charge in [-0.05, 0) is 6.07 Å². The fourth-order valence-electron chi connectivity index (χ4n) is 1.91. The molecule has 1 aliphatic rings. The van der Waals surface area contributed by atoms with Gasteiger partial charge in [-0.15, -0.1) is 5.06 Å². The Morgan fingerprint density at radius 1 is 1.25 bits per heavy atom. The van der Waals surface area contributed by atoms with Gasteiger partial charge in [0.05, 0.1) is 14.2 Å². The van der Waals surface area contributed by atoms with Crippen LogP contribution in [0.4, 0.5) is 0 Å². The predicted octanol–water partition coefficient (Wildman–Crippen LogP) is 3.35. The highest BCUT2D eigenvalue weighted by molar-refractivity contribution is 6.76. The van der Waals surface area contributed by atoms with Crippen LogP contribution in [-0.2, 0) is 4.84 Å². The van der Waals surface area contributed by atoms with Gasteiger partial charge in [0, 0.05) is 12.6 Å². The first-order chi connectivity index (χ1) is 9.38. The molecule has 1 aromatic rings. The van der Waals surface area contributed by atoms with E-state index in [1.807, 2.05) is 12.1 Å². The van der Waals surface area contributed by atoms with Crippen LogP contribution in [0, 0.1) is 0 Å². The fraction of sp³-hybridized carbons (Fsp3) is 0.417. The first-order valence-electron chi connectivity index (χ1n) is 5.65. The number of hydrogen-bond donors (Lipinski definition) is 0. The van der Waals surface area contributed by atoms with Gasteiger partial charge >= 0.3 is 0 Å². The Labute approximate surface area is 131 Å². The second-order valence-corrected chi connectivity index (χ2v) is 6.31. The molecule has 0 saturated carbocycles. The van der Waals surface area contributed by atoms with Crippen molar-refractivity contribution in [2.75, 3.05) is 21.3 Å². The lowest BCUT2D eigenvalue weighted by Crippen LogP contribution is -2.24. The first kappa shape index (κ1) is 15.5. The molecule has 5 nitrogen and oxygen atoms in total. The van der Waals surface area contributed by atoms with E-state index >= 15 is 0 Å². The van der Waals surface area contributed by atoms with Crippen molar-refractivity contribution in [3.8, 4) is 11.5 Å². The normalized spacial score (nSPS) is 19.5. The van der Waals surface area contributed by atoms with Crippen molar-refractivity contribution in [3.63, 3.8) is 0 Å². The standard InChI is InChI=1S/C12H13Cl3N2O3/c1-17-10(16-11(20-17)12(13,14)15)7-5-4-6-8(18-2)9(7)19-3/h4-6,10H,1-3H3. The molecule has 110 valence electrons. The number of aliphatic imine (C=N–C) groups is 1. The van der Waals surface area contributed by atoms with Gasteiger partial charge in [0.1, 0.15) is 0 Å². The zero-order chi connectivity index (χ0) is 14.9. The van der Waals surface area contributed by atoms with E-state index in [0.29, 0.717) is 11.5 Å². The van der Waals surface area contributed by atoms with E-state index in [-0.39, 0.29) is 5.90 Å². The second kappa shape index (κ2) is 5.85. The molecule has 0 saturated heterocycles. The molecule has 0 fully saturated rings. The number of ether oxygens (including phenoxy) is 2. The number of hydroxylamine groups is 2. The van der Waals surface area contributed by atoms with E-state index in [4.69, 9.17) is 49.1 Å². The van der Waals surface area contributed by atoms with Gasteiger partial charge in [-0.25, -0.2) is 4.99 Å². The number of rotatable bonds is 3. The number of methoxy groups -OCH3 is 2. The summed E-state index contributed by atoms with van der Waals surface area (Å²) in [4.78, 5) is 9.64. The molecule has 1 unspecified atom stereocenters. The van der Waals surface area contributed by atoms with Gasteiger partial charge in [-0.3, -0.25) is 0 Å². The Balaban J connectivity index is 2.44. The van der Waals surface area contributed by atoms with Gasteiger partial charge in [0.25, 0.3) is 9.69 Å². The minimum Gasteiger partial charge on any atom is -0.493 e. The monoisotopic (exact) mass is 338 g/mol. The number of alkyl halides is 3. The molecule has 0 bridgehead atoms. The molecule has 0 aromatic heterocycles. The van der Waals surface area contributed by atoms with Crippen LogP contribution in [0.25, 0.3) is 0 Å². The summed E-state index contributed by atoms with van der Waals surface area (Å²) in [5.74, 6) is 1.17. The van der Waals surface area contributed by atoms with E-state index < -0.39 is 9.96 Å². The molecule has 1 atom stereocenters. The van der Waals surface area contributed by atoms with Crippen molar-refractivity contribution in [2.24, 2.45) is 4.99 Å². The summed E-state index contributed by atoms with van der Waals surface area (Å²) < 4.78 is 8.92. The van der Waals surface area contributed by atoms with Gasteiger partial charge in [-0.2, -0.15) is 0 Å². The van der Waals surface area contributed by atoms with Gasteiger partial charge in [0.2, 0.25) is 0 Å². The van der Waals surface area contributed by atoms with Crippen LogP contribution in [0.5, 0.6) is 11.5 Å². The molecule has 0 radical (unpaired) electrons. The highest BCUT2D eigenvalue weighted by atomic mass is 35.6. The Kier molecular flexibility index (Phi) is 4.54. The van der Waals surface area contributed by atoms with Crippen molar-refractivity contribution in [3.05, 3.63) is 23.8 Å². The van der Waals surface area contributed by atoms with Gasteiger partial charge < -0.3 is 14.3 Å². The zero-order valence-electron chi connectivity index (χ0n) is 11.1. The maximum Gasteiger partial charge on any atom is 0.268 e. The maximum atomic E-state index is 5.78. The summed E-state index contributed by atoms with van der Waals surface area (Å²) >= 11 is 17.3. The lowest BCUT2D eigenvalue weighted by atomic mass is 10.1. The van der Waals surface area contributed by atoms with Crippen LogP contribution in [0.3, 0.4) is 0 Å². The van der Waals surface area contributed by atoms with Crippen molar-refractivity contribution < 1.29 is 14.3 Å². The predicted molar refractivity (Wildman–Crippen MR) is 78.9 cm³/mol. The van der Waals surface area contributed by atoms with E-state index in [2.05, 4.69) is 4.99 Å². The number of benzene rings is 1. The number of para-hydroxylation sites is 1. The largest absolute Gasteiger partial charge is 0.493 e. The van der Waals surface area contributed by atoms with Crippen LogP contribution in [-0.4, -0.2) is 36.0 Å². The van der Waals surface area contributed by atoms with Gasteiger partial charge in [-0.1, -0.05) is 46.9 Å². The van der Waals surface area contributed by atoms with Crippen LogP contribution in [0.2, 0.25) is 0 Å².